The molecule has 0 saturated carbocycles. The number of hydrogen-bond donors (Lipinski definition) is 0. The summed E-state index contributed by atoms with van der Waals surface area (Å²) in [6.45, 7) is 14.3. The van der Waals surface area contributed by atoms with Gasteiger partial charge in [0.25, 0.3) is 0 Å². The summed E-state index contributed by atoms with van der Waals surface area (Å²) < 4.78 is 28.7. The molecule has 33 heavy (non-hydrogen) atoms. The minimum atomic E-state index is -3.53. The van der Waals surface area contributed by atoms with E-state index in [9.17, 15) is 8.42 Å². The van der Waals surface area contributed by atoms with Gasteiger partial charge >= 0.3 is 0 Å². The first kappa shape index (κ1) is 23.9. The van der Waals surface area contributed by atoms with Crippen molar-refractivity contribution in [2.75, 3.05) is 31.1 Å². The Balaban J connectivity index is 1.47. The van der Waals surface area contributed by atoms with Crippen molar-refractivity contribution < 1.29 is 8.42 Å². The Morgan fingerprint density at radius 2 is 1.52 bits per heavy atom. The van der Waals surface area contributed by atoms with Crippen molar-refractivity contribution in [1.82, 2.24) is 9.29 Å². The van der Waals surface area contributed by atoms with Gasteiger partial charge in [-0.15, -0.1) is 11.3 Å². The van der Waals surface area contributed by atoms with Crippen LogP contribution in [0.25, 0.3) is 0 Å². The number of aromatic nitrogens is 1. The predicted octanol–water partition coefficient (Wildman–Crippen LogP) is 5.10. The Bertz CT molecular complexity index is 1260. The fraction of sp³-hybridized carbons (Fsp3) is 0.423. The Morgan fingerprint density at radius 3 is 2.15 bits per heavy atom. The first-order valence-corrected chi connectivity index (χ1v) is 13.7. The minimum absolute atomic E-state index is 0.472. The van der Waals surface area contributed by atoms with Crippen molar-refractivity contribution in [3.63, 3.8) is 0 Å². The van der Waals surface area contributed by atoms with Crippen LogP contribution in [0, 0.1) is 41.5 Å². The van der Waals surface area contributed by atoms with E-state index in [4.69, 9.17) is 4.98 Å². The summed E-state index contributed by atoms with van der Waals surface area (Å²) in [6, 6.07) is 8.48. The molecule has 1 aliphatic heterocycles. The van der Waals surface area contributed by atoms with Crippen LogP contribution >= 0.6 is 11.3 Å². The van der Waals surface area contributed by atoms with Gasteiger partial charge in [-0.1, -0.05) is 24.3 Å². The normalized spacial score (nSPS) is 15.3. The van der Waals surface area contributed by atoms with Gasteiger partial charge in [-0.25, -0.2) is 13.4 Å². The van der Waals surface area contributed by atoms with Crippen LogP contribution in [0.5, 0.6) is 0 Å². The molecule has 1 aliphatic rings. The number of anilines is 1. The van der Waals surface area contributed by atoms with Crippen molar-refractivity contribution in [2.45, 2.75) is 52.9 Å². The zero-order chi connectivity index (χ0) is 23.9. The van der Waals surface area contributed by atoms with Gasteiger partial charge in [0.15, 0.2) is 5.13 Å². The second-order valence-corrected chi connectivity index (χ2v) is 11.8. The lowest BCUT2D eigenvalue weighted by Crippen LogP contribution is -2.49. The maximum Gasteiger partial charge on any atom is 0.243 e. The molecule has 5 nitrogen and oxygen atoms in total. The van der Waals surface area contributed by atoms with Crippen molar-refractivity contribution in [2.24, 2.45) is 0 Å². The highest BCUT2D eigenvalue weighted by molar-refractivity contribution is 7.89. The van der Waals surface area contributed by atoms with E-state index in [-0.39, 0.29) is 0 Å². The predicted molar refractivity (Wildman–Crippen MR) is 137 cm³/mol. The average Bonchev–Trinajstić information content (AvgIpc) is 3.24. The lowest BCUT2D eigenvalue weighted by Gasteiger charge is -2.34. The van der Waals surface area contributed by atoms with Crippen molar-refractivity contribution in [3.05, 3.63) is 74.3 Å². The smallest absolute Gasteiger partial charge is 0.243 e. The van der Waals surface area contributed by atoms with Crippen molar-refractivity contribution in [3.8, 4) is 0 Å². The molecule has 3 aromatic rings. The fourth-order valence-electron chi connectivity index (χ4n) is 4.54. The summed E-state index contributed by atoms with van der Waals surface area (Å²) in [4.78, 5) is 7.57. The van der Waals surface area contributed by atoms with E-state index in [1.807, 2.05) is 27.7 Å². The van der Waals surface area contributed by atoms with E-state index in [1.54, 1.807) is 15.6 Å². The highest BCUT2D eigenvalue weighted by Gasteiger charge is 2.32. The fourth-order valence-corrected chi connectivity index (χ4v) is 7.41. The number of aryl methyl sites for hydroxylation is 3. The molecule has 0 aliphatic carbocycles. The van der Waals surface area contributed by atoms with Crippen LogP contribution in [0.15, 0.2) is 34.5 Å². The van der Waals surface area contributed by atoms with E-state index >= 15 is 0 Å². The molecule has 2 aromatic carbocycles. The van der Waals surface area contributed by atoms with Crippen molar-refractivity contribution in [1.29, 1.82) is 0 Å². The lowest BCUT2D eigenvalue weighted by molar-refractivity contribution is 0.384. The molecule has 0 spiro atoms. The van der Waals surface area contributed by atoms with Crippen LogP contribution in [0.4, 0.5) is 5.13 Å². The molecule has 4 rings (SSSR count). The molecule has 1 aromatic heterocycles. The number of rotatable bonds is 5. The average molecular weight is 484 g/mol. The Kier molecular flexibility index (Phi) is 6.67. The van der Waals surface area contributed by atoms with Crippen LogP contribution in [0.2, 0.25) is 0 Å². The second-order valence-electron chi connectivity index (χ2n) is 9.14. The highest BCUT2D eigenvalue weighted by Crippen LogP contribution is 2.30. The summed E-state index contributed by atoms with van der Waals surface area (Å²) in [5.41, 5.74) is 8.76. The molecule has 2 heterocycles. The molecule has 0 radical (unpaired) electrons. The number of thiazole rings is 1. The standard InChI is InChI=1S/C26H33N3O2S2/c1-17-8-7-9-23(20(17)4)15-24-16-32-26(27-24)28-10-12-29(13-11-28)33(30,31)25-21(5)18(2)14-19(3)22(25)6/h7-9,14,16H,10-13,15H2,1-6H3. The van der Waals surface area contributed by atoms with Crippen LogP contribution < -0.4 is 4.90 Å². The van der Waals surface area contributed by atoms with Crippen LogP contribution in [0.3, 0.4) is 0 Å². The molecular weight excluding hydrogens is 450 g/mol. The van der Waals surface area contributed by atoms with Gasteiger partial charge in [0.1, 0.15) is 0 Å². The maximum absolute atomic E-state index is 13.5. The van der Waals surface area contributed by atoms with Crippen molar-refractivity contribution >= 4 is 26.5 Å². The molecule has 0 atom stereocenters. The zero-order valence-corrected chi connectivity index (χ0v) is 22.0. The zero-order valence-electron chi connectivity index (χ0n) is 20.4. The molecule has 0 amide bonds. The number of hydrogen-bond acceptors (Lipinski definition) is 5. The lowest BCUT2D eigenvalue weighted by atomic mass is 10.0. The van der Waals surface area contributed by atoms with Gasteiger partial charge < -0.3 is 4.90 Å². The molecule has 1 saturated heterocycles. The molecule has 7 heteroatoms. The number of piperazine rings is 1. The van der Waals surface area contributed by atoms with Gasteiger partial charge in [-0.2, -0.15) is 4.31 Å². The van der Waals surface area contributed by atoms with Gasteiger partial charge in [-0.3, -0.25) is 0 Å². The third-order valence-corrected chi connectivity index (χ3v) is 10.2. The van der Waals surface area contributed by atoms with Crippen LogP contribution in [-0.4, -0.2) is 43.9 Å². The van der Waals surface area contributed by atoms with E-state index < -0.39 is 10.0 Å². The Hall–Kier alpha value is -2.22. The first-order chi connectivity index (χ1) is 15.6. The summed E-state index contributed by atoms with van der Waals surface area (Å²) in [5.74, 6) is 0. The Labute approximate surface area is 202 Å². The number of sulfonamides is 1. The summed E-state index contributed by atoms with van der Waals surface area (Å²) >= 11 is 1.65. The molecule has 176 valence electrons. The van der Waals surface area contributed by atoms with E-state index in [0.29, 0.717) is 31.1 Å². The molecular formula is C26H33N3O2S2. The van der Waals surface area contributed by atoms with E-state index in [2.05, 4.69) is 48.4 Å². The number of nitrogens with zero attached hydrogens (tertiary/aromatic N) is 3. The molecule has 0 unspecified atom stereocenters. The summed E-state index contributed by atoms with van der Waals surface area (Å²) in [6.07, 6.45) is 0.823. The highest BCUT2D eigenvalue weighted by atomic mass is 32.2. The van der Waals surface area contributed by atoms with Gasteiger partial charge in [0.05, 0.1) is 10.6 Å². The second kappa shape index (κ2) is 9.20. The maximum atomic E-state index is 13.5. The van der Waals surface area contributed by atoms with Crippen LogP contribution in [0.1, 0.15) is 44.6 Å². The summed E-state index contributed by atoms with van der Waals surface area (Å²) in [5, 5.41) is 3.11. The largest absolute Gasteiger partial charge is 0.345 e. The molecule has 1 fully saturated rings. The molecule has 0 N–H and O–H groups in total. The first-order valence-electron chi connectivity index (χ1n) is 11.4. The Morgan fingerprint density at radius 1 is 0.879 bits per heavy atom. The quantitative estimate of drug-likeness (QED) is 0.507. The van der Waals surface area contributed by atoms with E-state index in [0.717, 1.165) is 39.5 Å². The topological polar surface area (TPSA) is 53.5 Å². The monoisotopic (exact) mass is 483 g/mol. The SMILES string of the molecule is Cc1cccc(Cc2csc(N3CCN(S(=O)(=O)c4c(C)c(C)cc(C)c4C)CC3)n2)c1C. The van der Waals surface area contributed by atoms with Gasteiger partial charge in [0, 0.05) is 38.0 Å². The van der Waals surface area contributed by atoms with Gasteiger partial charge in [-0.05, 0) is 80.5 Å². The number of benzene rings is 2. The third-order valence-electron chi connectivity index (χ3n) is 7.03. The van der Waals surface area contributed by atoms with Crippen LogP contribution in [-0.2, 0) is 16.4 Å². The third kappa shape index (κ3) is 4.59. The van der Waals surface area contributed by atoms with Gasteiger partial charge in [0.2, 0.25) is 10.0 Å². The summed E-state index contributed by atoms with van der Waals surface area (Å²) in [7, 11) is -3.53. The molecule has 0 bridgehead atoms. The van der Waals surface area contributed by atoms with E-state index in [1.165, 1.54) is 16.7 Å². The minimum Gasteiger partial charge on any atom is -0.345 e.